The molecule has 1 aliphatic rings. The number of piperazine rings is 1. The summed E-state index contributed by atoms with van der Waals surface area (Å²) in [7, 11) is 0. The highest BCUT2D eigenvalue weighted by atomic mass is 35.5. The number of carbonyl (C=O) groups is 1. The lowest BCUT2D eigenvalue weighted by atomic mass is 10.1. The molecule has 1 saturated heterocycles. The summed E-state index contributed by atoms with van der Waals surface area (Å²) in [6.45, 7) is 5.46. The molecule has 122 valence electrons. The fourth-order valence-corrected chi connectivity index (χ4v) is 3.04. The van der Waals surface area contributed by atoms with Crippen molar-refractivity contribution < 1.29 is 4.79 Å². The molecule has 1 fully saturated rings. The van der Waals surface area contributed by atoms with E-state index < -0.39 is 0 Å². The Labute approximate surface area is 140 Å². The number of fused-ring (bicyclic) bond motifs is 1. The lowest BCUT2D eigenvalue weighted by Crippen LogP contribution is -2.51. The number of aromatic nitrogens is 1. The Morgan fingerprint density at radius 1 is 1.30 bits per heavy atom. The van der Waals surface area contributed by atoms with Gasteiger partial charge in [0.2, 0.25) is 0 Å². The van der Waals surface area contributed by atoms with Crippen molar-refractivity contribution in [3.8, 4) is 0 Å². The predicted octanol–water partition coefficient (Wildman–Crippen LogP) is 2.32. The average molecular weight is 334 g/mol. The number of anilines is 2. The van der Waals surface area contributed by atoms with Gasteiger partial charge in [0.25, 0.3) is 0 Å². The van der Waals surface area contributed by atoms with Crippen LogP contribution in [0.2, 0.25) is 5.02 Å². The predicted molar refractivity (Wildman–Crippen MR) is 94.0 cm³/mol. The van der Waals surface area contributed by atoms with Crippen LogP contribution in [-0.4, -0.2) is 48.6 Å². The highest BCUT2D eigenvalue weighted by Gasteiger charge is 2.22. The average Bonchev–Trinajstić information content (AvgIpc) is 2.54. The van der Waals surface area contributed by atoms with E-state index >= 15 is 0 Å². The number of benzene rings is 1. The topological polar surface area (TPSA) is 74.5 Å². The first kappa shape index (κ1) is 15.7. The molecule has 3 rings (SSSR count). The number of nitrogen functional groups attached to an aromatic ring is 1. The van der Waals surface area contributed by atoms with Gasteiger partial charge >= 0.3 is 6.03 Å². The van der Waals surface area contributed by atoms with Crippen LogP contribution in [-0.2, 0) is 0 Å². The van der Waals surface area contributed by atoms with Gasteiger partial charge in [-0.1, -0.05) is 11.6 Å². The molecule has 0 saturated carbocycles. The van der Waals surface area contributed by atoms with Gasteiger partial charge in [0.05, 0.1) is 5.52 Å². The summed E-state index contributed by atoms with van der Waals surface area (Å²) >= 11 is 6.05. The van der Waals surface area contributed by atoms with Crippen molar-refractivity contribution in [3.05, 3.63) is 29.3 Å². The monoisotopic (exact) mass is 333 g/mol. The molecule has 23 heavy (non-hydrogen) atoms. The van der Waals surface area contributed by atoms with E-state index in [0.29, 0.717) is 30.5 Å². The van der Waals surface area contributed by atoms with E-state index in [-0.39, 0.29) is 6.03 Å². The number of carbonyl (C=O) groups excluding carboxylic acids is 1. The van der Waals surface area contributed by atoms with Gasteiger partial charge in [0.1, 0.15) is 5.82 Å². The number of hydrogen-bond acceptors (Lipinski definition) is 4. The van der Waals surface area contributed by atoms with Gasteiger partial charge in [-0.05, 0) is 25.1 Å². The number of halogens is 1. The Kier molecular flexibility index (Phi) is 4.43. The van der Waals surface area contributed by atoms with Crippen molar-refractivity contribution in [1.29, 1.82) is 0 Å². The summed E-state index contributed by atoms with van der Waals surface area (Å²) in [5.74, 6) is 0.473. The molecule has 3 N–H and O–H groups in total. The third kappa shape index (κ3) is 3.27. The molecule has 2 amide bonds. The Morgan fingerprint density at radius 3 is 2.74 bits per heavy atom. The van der Waals surface area contributed by atoms with Crippen LogP contribution in [0.1, 0.15) is 6.92 Å². The maximum absolute atomic E-state index is 11.9. The second-order valence-corrected chi connectivity index (χ2v) is 5.97. The van der Waals surface area contributed by atoms with Crippen molar-refractivity contribution >= 4 is 40.0 Å². The number of nitrogens with two attached hydrogens (primary N) is 1. The first-order valence-electron chi connectivity index (χ1n) is 7.72. The van der Waals surface area contributed by atoms with Crippen LogP contribution >= 0.6 is 11.6 Å². The molecule has 2 aromatic rings. The molecule has 0 aliphatic carbocycles. The first-order valence-corrected chi connectivity index (χ1v) is 8.10. The van der Waals surface area contributed by atoms with Crippen molar-refractivity contribution in [2.24, 2.45) is 0 Å². The second kappa shape index (κ2) is 6.50. The molecule has 2 heterocycles. The number of rotatable bonds is 2. The zero-order valence-corrected chi connectivity index (χ0v) is 13.8. The van der Waals surface area contributed by atoms with Gasteiger partial charge in [-0.2, -0.15) is 0 Å². The standard InChI is InChI=1S/C16H20ClN5O/c1-2-19-16(23)22-7-5-21(6-8-22)14-10-15(18)20-13-9-11(17)3-4-12(13)14/h3-4,9-10H,2,5-8H2,1H3,(H2,18,20)(H,19,23). The first-order chi connectivity index (χ1) is 11.1. The SMILES string of the molecule is CCNC(=O)N1CCN(c2cc(N)nc3cc(Cl)ccc23)CC1. The van der Waals surface area contributed by atoms with E-state index in [9.17, 15) is 4.79 Å². The van der Waals surface area contributed by atoms with Gasteiger partial charge in [0, 0.05) is 54.9 Å². The molecule has 0 bridgehead atoms. The molecule has 0 unspecified atom stereocenters. The molecule has 6 nitrogen and oxygen atoms in total. The van der Waals surface area contributed by atoms with Gasteiger partial charge in [-0.3, -0.25) is 0 Å². The summed E-state index contributed by atoms with van der Waals surface area (Å²) in [5.41, 5.74) is 7.77. The summed E-state index contributed by atoms with van der Waals surface area (Å²) in [5, 5.41) is 4.50. The maximum atomic E-state index is 11.9. The molecule has 0 radical (unpaired) electrons. The molecular weight excluding hydrogens is 314 g/mol. The number of amides is 2. The number of hydrogen-bond donors (Lipinski definition) is 2. The fourth-order valence-electron chi connectivity index (χ4n) is 2.88. The minimum Gasteiger partial charge on any atom is -0.384 e. The molecule has 7 heteroatoms. The largest absolute Gasteiger partial charge is 0.384 e. The molecule has 1 aromatic carbocycles. The molecule has 1 aliphatic heterocycles. The van der Waals surface area contributed by atoms with E-state index in [1.807, 2.05) is 36.1 Å². The van der Waals surface area contributed by atoms with Crippen molar-refractivity contribution in [2.75, 3.05) is 43.4 Å². The van der Waals surface area contributed by atoms with Crippen LogP contribution < -0.4 is 16.0 Å². The summed E-state index contributed by atoms with van der Waals surface area (Å²) in [4.78, 5) is 20.3. The number of pyridine rings is 1. The maximum Gasteiger partial charge on any atom is 0.317 e. The van der Waals surface area contributed by atoms with Gasteiger partial charge in [-0.25, -0.2) is 9.78 Å². The van der Waals surface area contributed by atoms with Crippen LogP contribution in [0, 0.1) is 0 Å². The van der Waals surface area contributed by atoms with E-state index in [2.05, 4.69) is 15.2 Å². The normalized spacial score (nSPS) is 15.0. The molecule has 0 atom stereocenters. The van der Waals surface area contributed by atoms with Crippen LogP contribution in [0.15, 0.2) is 24.3 Å². The smallest absolute Gasteiger partial charge is 0.317 e. The van der Waals surface area contributed by atoms with Crippen LogP contribution in [0.25, 0.3) is 10.9 Å². The highest BCUT2D eigenvalue weighted by Crippen LogP contribution is 2.30. The summed E-state index contributed by atoms with van der Waals surface area (Å²) in [6.07, 6.45) is 0. The van der Waals surface area contributed by atoms with Crippen molar-refractivity contribution in [2.45, 2.75) is 6.92 Å². The van der Waals surface area contributed by atoms with E-state index in [0.717, 1.165) is 29.7 Å². The number of urea groups is 1. The zero-order chi connectivity index (χ0) is 16.4. The van der Waals surface area contributed by atoms with Crippen LogP contribution in [0.3, 0.4) is 0 Å². The molecule has 1 aromatic heterocycles. The summed E-state index contributed by atoms with van der Waals surface area (Å²) in [6, 6.07) is 7.53. The van der Waals surface area contributed by atoms with Crippen LogP contribution in [0.5, 0.6) is 0 Å². The van der Waals surface area contributed by atoms with E-state index in [1.165, 1.54) is 0 Å². The molecule has 0 spiro atoms. The quantitative estimate of drug-likeness (QED) is 0.884. The van der Waals surface area contributed by atoms with Gasteiger partial charge in [-0.15, -0.1) is 0 Å². The zero-order valence-electron chi connectivity index (χ0n) is 13.1. The Hall–Kier alpha value is -2.21. The highest BCUT2D eigenvalue weighted by molar-refractivity contribution is 6.31. The second-order valence-electron chi connectivity index (χ2n) is 5.54. The Morgan fingerprint density at radius 2 is 2.04 bits per heavy atom. The third-order valence-corrected chi connectivity index (χ3v) is 4.24. The van der Waals surface area contributed by atoms with E-state index in [4.69, 9.17) is 17.3 Å². The minimum absolute atomic E-state index is 0.00182. The van der Waals surface area contributed by atoms with Gasteiger partial charge < -0.3 is 20.9 Å². The van der Waals surface area contributed by atoms with Crippen LogP contribution in [0.4, 0.5) is 16.3 Å². The lowest BCUT2D eigenvalue weighted by Gasteiger charge is -2.36. The van der Waals surface area contributed by atoms with Crippen molar-refractivity contribution in [1.82, 2.24) is 15.2 Å². The fraction of sp³-hybridized carbons (Fsp3) is 0.375. The van der Waals surface area contributed by atoms with Crippen molar-refractivity contribution in [3.63, 3.8) is 0 Å². The number of nitrogens with one attached hydrogen (secondary N) is 1. The lowest BCUT2D eigenvalue weighted by molar-refractivity contribution is 0.195. The van der Waals surface area contributed by atoms with E-state index in [1.54, 1.807) is 0 Å². The Bertz CT molecular complexity index is 722. The van der Waals surface area contributed by atoms with Gasteiger partial charge in [0.15, 0.2) is 0 Å². The Balaban J connectivity index is 1.83. The molecular formula is C16H20ClN5O. The number of nitrogens with zero attached hydrogens (tertiary/aromatic N) is 3. The summed E-state index contributed by atoms with van der Waals surface area (Å²) < 4.78 is 0. The third-order valence-electron chi connectivity index (χ3n) is 4.01. The minimum atomic E-state index is -0.00182.